The van der Waals surface area contributed by atoms with Crippen molar-refractivity contribution < 1.29 is 37.0 Å². The Morgan fingerprint density at radius 2 is 1.83 bits per heavy atom. The zero-order valence-electron chi connectivity index (χ0n) is 29.5. The van der Waals surface area contributed by atoms with Gasteiger partial charge in [0, 0.05) is 50.5 Å². The second-order valence-corrected chi connectivity index (χ2v) is 13.1. The largest absolute Gasteiger partial charge is 0.478 e. The first-order valence-corrected chi connectivity index (χ1v) is 17.4. The number of carbonyl (C=O) groups excluding carboxylic acids is 2. The molecule has 14 nitrogen and oxygen atoms in total. The minimum absolute atomic E-state index is 0.0194. The van der Waals surface area contributed by atoms with Gasteiger partial charge in [-0.1, -0.05) is 12.8 Å². The molecule has 0 spiro atoms. The van der Waals surface area contributed by atoms with E-state index in [-0.39, 0.29) is 52.5 Å². The molecule has 278 valence electrons. The van der Waals surface area contributed by atoms with Crippen LogP contribution in [0.15, 0.2) is 30.5 Å². The van der Waals surface area contributed by atoms with E-state index in [1.54, 1.807) is 26.0 Å². The highest BCUT2D eigenvalue weighted by Gasteiger charge is 2.38. The molecule has 5 heterocycles. The number of imidazole rings is 1. The van der Waals surface area contributed by atoms with E-state index in [0.717, 1.165) is 31.7 Å². The third-order valence-corrected chi connectivity index (χ3v) is 9.37. The molecule has 1 amide bonds. The number of nitrogens with one attached hydrogen (secondary N) is 2. The van der Waals surface area contributed by atoms with Gasteiger partial charge < -0.3 is 29.0 Å². The van der Waals surface area contributed by atoms with Gasteiger partial charge in [-0.25, -0.2) is 9.97 Å². The molecule has 1 aliphatic heterocycles. The maximum absolute atomic E-state index is 14.1. The Labute approximate surface area is 298 Å². The number of fused-ring (bicyclic) bond motifs is 1. The molecule has 52 heavy (non-hydrogen) atoms. The number of alkyl halides is 3. The Kier molecular flexibility index (Phi) is 10.8. The van der Waals surface area contributed by atoms with Crippen LogP contribution in [0.5, 0.6) is 5.88 Å². The molecule has 1 saturated heterocycles. The fourth-order valence-corrected chi connectivity index (χ4v) is 6.77. The first kappa shape index (κ1) is 36.7. The molecule has 1 aliphatic carbocycles. The molecule has 0 atom stereocenters. The summed E-state index contributed by atoms with van der Waals surface area (Å²) in [6.07, 6.45) is 0.684. The van der Waals surface area contributed by atoms with Crippen molar-refractivity contribution in [3.63, 3.8) is 0 Å². The van der Waals surface area contributed by atoms with Crippen LogP contribution in [0.25, 0.3) is 22.4 Å². The number of halogens is 3. The van der Waals surface area contributed by atoms with Crippen LogP contribution in [0, 0.1) is 11.3 Å². The first-order valence-electron chi connectivity index (χ1n) is 17.4. The van der Waals surface area contributed by atoms with E-state index >= 15 is 0 Å². The number of hydrogen-bond acceptors (Lipinski definition) is 12. The van der Waals surface area contributed by atoms with E-state index in [1.807, 2.05) is 23.8 Å². The van der Waals surface area contributed by atoms with Crippen molar-refractivity contribution in [2.24, 2.45) is 11.3 Å². The van der Waals surface area contributed by atoms with Gasteiger partial charge in [-0.2, -0.15) is 18.2 Å². The van der Waals surface area contributed by atoms with E-state index in [0.29, 0.717) is 56.5 Å². The van der Waals surface area contributed by atoms with Crippen molar-refractivity contribution in [3.05, 3.63) is 41.7 Å². The van der Waals surface area contributed by atoms with Crippen LogP contribution in [0.4, 0.5) is 30.6 Å². The Balaban J connectivity index is 1.29. The van der Waals surface area contributed by atoms with Crippen LogP contribution in [-0.4, -0.2) is 95.1 Å². The molecular formula is C35H42F3N9O5. The molecule has 2 N–H and O–H groups in total. The third kappa shape index (κ3) is 7.88. The minimum atomic E-state index is -4.71. The van der Waals surface area contributed by atoms with Gasteiger partial charge >= 0.3 is 12.1 Å². The van der Waals surface area contributed by atoms with E-state index in [2.05, 4.69) is 35.5 Å². The van der Waals surface area contributed by atoms with E-state index in [4.69, 9.17) is 14.2 Å². The second-order valence-electron chi connectivity index (χ2n) is 13.1. The predicted octanol–water partition coefficient (Wildman–Crippen LogP) is 5.51. The van der Waals surface area contributed by atoms with Crippen molar-refractivity contribution in [3.8, 4) is 17.1 Å². The summed E-state index contributed by atoms with van der Waals surface area (Å²) >= 11 is 0. The normalized spacial score (nSPS) is 15.8. The number of rotatable bonds is 14. The van der Waals surface area contributed by atoms with E-state index < -0.39 is 23.5 Å². The molecule has 2 aliphatic rings. The van der Waals surface area contributed by atoms with Gasteiger partial charge in [0.05, 0.1) is 37.1 Å². The number of esters is 1. The number of aromatic amines is 1. The third-order valence-electron chi connectivity index (χ3n) is 9.37. The summed E-state index contributed by atoms with van der Waals surface area (Å²) in [6, 6.07) is 5.83. The molecule has 4 aromatic rings. The zero-order chi connectivity index (χ0) is 37.0. The molecule has 17 heteroatoms. The van der Waals surface area contributed by atoms with Gasteiger partial charge in [0.25, 0.3) is 5.91 Å². The van der Waals surface area contributed by atoms with E-state index in [9.17, 15) is 22.8 Å². The van der Waals surface area contributed by atoms with Gasteiger partial charge in [-0.3, -0.25) is 14.9 Å². The highest BCUT2D eigenvalue weighted by molar-refractivity contribution is 6.03. The number of pyridine rings is 2. The van der Waals surface area contributed by atoms with Crippen molar-refractivity contribution in [1.29, 1.82) is 0 Å². The van der Waals surface area contributed by atoms with Crippen molar-refractivity contribution in [2.45, 2.75) is 52.6 Å². The van der Waals surface area contributed by atoms with Gasteiger partial charge in [0.15, 0.2) is 17.2 Å². The van der Waals surface area contributed by atoms with Crippen LogP contribution in [0.1, 0.15) is 62.5 Å². The minimum Gasteiger partial charge on any atom is -0.478 e. The first-order chi connectivity index (χ1) is 24.9. The van der Waals surface area contributed by atoms with Gasteiger partial charge in [-0.05, 0) is 57.9 Å². The van der Waals surface area contributed by atoms with Gasteiger partial charge in [0.2, 0.25) is 11.8 Å². The molecule has 0 bridgehead atoms. The fourth-order valence-electron chi connectivity index (χ4n) is 6.77. The number of amides is 1. The van der Waals surface area contributed by atoms with Gasteiger partial charge in [0.1, 0.15) is 11.1 Å². The summed E-state index contributed by atoms with van der Waals surface area (Å²) in [5.74, 6) is -1.00. The summed E-state index contributed by atoms with van der Waals surface area (Å²) < 4.78 is 58.3. The lowest BCUT2D eigenvalue weighted by molar-refractivity contribution is -0.148. The highest BCUT2D eigenvalue weighted by atomic mass is 19.4. The van der Waals surface area contributed by atoms with Crippen molar-refractivity contribution >= 4 is 40.5 Å². The summed E-state index contributed by atoms with van der Waals surface area (Å²) in [4.78, 5) is 45.3. The lowest BCUT2D eigenvalue weighted by Gasteiger charge is -2.38. The lowest BCUT2D eigenvalue weighted by atomic mass is 9.86. The average molecular weight is 726 g/mol. The van der Waals surface area contributed by atoms with Gasteiger partial charge in [-0.15, -0.1) is 10.2 Å². The monoisotopic (exact) mass is 725 g/mol. The molecule has 2 fully saturated rings. The summed E-state index contributed by atoms with van der Waals surface area (Å²) in [5.41, 5.74) is 0.520. The molecule has 1 saturated carbocycles. The van der Waals surface area contributed by atoms with Crippen LogP contribution in [0.2, 0.25) is 0 Å². The number of aromatic nitrogens is 6. The number of carbonyl (C=O) groups is 2. The quantitative estimate of drug-likeness (QED) is 0.157. The maximum Gasteiger partial charge on any atom is 0.421 e. The molecule has 4 aromatic heterocycles. The Hall–Kier alpha value is -5.06. The molecule has 0 aromatic carbocycles. The van der Waals surface area contributed by atoms with Crippen LogP contribution < -0.4 is 19.9 Å². The van der Waals surface area contributed by atoms with Crippen molar-refractivity contribution in [2.75, 3.05) is 68.2 Å². The van der Waals surface area contributed by atoms with Crippen LogP contribution in [0.3, 0.4) is 0 Å². The van der Waals surface area contributed by atoms with Crippen LogP contribution in [-0.2, 0) is 20.4 Å². The second kappa shape index (κ2) is 15.3. The lowest BCUT2D eigenvalue weighted by Crippen LogP contribution is -2.51. The molecule has 0 unspecified atom stereocenters. The number of anilines is 3. The highest BCUT2D eigenvalue weighted by Crippen LogP contribution is 2.42. The maximum atomic E-state index is 14.1. The zero-order valence-corrected chi connectivity index (χ0v) is 29.5. The standard InChI is InChI=1S/C35H42F3N9O5/c1-5-50-20-34(12-8-9-13-34)19-46(4)26-15-25(21-14-23(35(36,37)38)31(39-16-21)51-6-2)40-29-28(26)41-33(42-29)43-30(48)24-10-11-27(45-44-24)47-17-22(18-47)32(49)52-7-3/h10-11,14-16,22H,5-9,12-13,17-20H2,1-4H3,(H2,40,41,42,43,48). The summed E-state index contributed by atoms with van der Waals surface area (Å²) in [6.45, 7) is 8.31. The summed E-state index contributed by atoms with van der Waals surface area (Å²) in [5, 5.41) is 10.9. The Morgan fingerprint density at radius 1 is 1.06 bits per heavy atom. The number of H-pyrrole nitrogens is 1. The molecule has 0 radical (unpaired) electrons. The molecular weight excluding hydrogens is 683 g/mol. The summed E-state index contributed by atoms with van der Waals surface area (Å²) in [7, 11) is 1.91. The number of nitrogens with zero attached hydrogens (tertiary/aromatic N) is 7. The predicted molar refractivity (Wildman–Crippen MR) is 186 cm³/mol. The Bertz CT molecular complexity index is 1890. The SMILES string of the molecule is CCOCC1(CN(C)c2cc(-c3cnc(OCC)c(C(F)(F)F)c3)nc3nc(NC(=O)c4ccc(N5CC(C(=O)OCC)C5)nn4)[nH]c23)CCCC1. The van der Waals surface area contributed by atoms with Crippen molar-refractivity contribution in [1.82, 2.24) is 30.1 Å². The van der Waals surface area contributed by atoms with E-state index in [1.165, 1.54) is 12.3 Å². The number of hydrogen-bond donors (Lipinski definition) is 2. The average Bonchev–Trinajstić information content (AvgIpc) is 3.73. The topological polar surface area (TPSA) is 161 Å². The number of ether oxygens (including phenoxy) is 3. The Morgan fingerprint density at radius 3 is 2.48 bits per heavy atom. The fraction of sp³-hybridized carbons (Fsp3) is 0.514. The van der Waals surface area contributed by atoms with Crippen LogP contribution >= 0.6 is 0 Å². The smallest absolute Gasteiger partial charge is 0.421 e. The molecule has 6 rings (SSSR count).